The summed E-state index contributed by atoms with van der Waals surface area (Å²) < 4.78 is 5.51. The van der Waals surface area contributed by atoms with Crippen molar-refractivity contribution >= 4 is 0 Å². The van der Waals surface area contributed by atoms with Crippen LogP contribution in [-0.4, -0.2) is 11.5 Å². The first-order chi connectivity index (χ1) is 8.38. The second-order valence-corrected chi connectivity index (χ2v) is 3.99. The van der Waals surface area contributed by atoms with E-state index in [1.807, 2.05) is 6.07 Å². The van der Waals surface area contributed by atoms with E-state index in [4.69, 9.17) is 4.42 Å². The highest BCUT2D eigenvalue weighted by molar-refractivity contribution is 5.14. The molecule has 1 aromatic heterocycles. The van der Waals surface area contributed by atoms with Gasteiger partial charge in [-0.25, -0.2) is 4.98 Å². The lowest BCUT2D eigenvalue weighted by Gasteiger charge is -2.02. The molecule has 3 heteroatoms. The van der Waals surface area contributed by atoms with Crippen molar-refractivity contribution in [3.63, 3.8) is 0 Å². The van der Waals surface area contributed by atoms with Crippen LogP contribution in [0.1, 0.15) is 24.1 Å². The van der Waals surface area contributed by atoms with E-state index in [1.54, 1.807) is 6.20 Å². The maximum absolute atomic E-state index is 5.51. The molecule has 1 aromatic carbocycles. The van der Waals surface area contributed by atoms with Gasteiger partial charge in [-0.3, -0.25) is 0 Å². The van der Waals surface area contributed by atoms with Crippen molar-refractivity contribution < 1.29 is 4.42 Å². The van der Waals surface area contributed by atoms with Crippen molar-refractivity contribution in [2.24, 2.45) is 0 Å². The largest absolute Gasteiger partial charge is 0.444 e. The van der Waals surface area contributed by atoms with Crippen molar-refractivity contribution in [1.29, 1.82) is 0 Å². The second-order valence-electron chi connectivity index (χ2n) is 3.99. The number of nitrogens with one attached hydrogen (secondary N) is 1. The smallest absolute Gasteiger partial charge is 0.208 e. The van der Waals surface area contributed by atoms with Gasteiger partial charge in [0.05, 0.1) is 12.7 Å². The number of aryl methyl sites for hydroxylation is 1. The number of nitrogens with zero attached hydrogens (tertiary/aromatic N) is 1. The summed E-state index contributed by atoms with van der Waals surface area (Å²) in [6.07, 6.45) is 3.73. The first-order valence-electron chi connectivity index (χ1n) is 6.06. The van der Waals surface area contributed by atoms with E-state index in [0.29, 0.717) is 6.54 Å². The van der Waals surface area contributed by atoms with Crippen molar-refractivity contribution in [3.8, 4) is 0 Å². The lowest BCUT2D eigenvalue weighted by molar-refractivity contribution is 0.440. The van der Waals surface area contributed by atoms with Crippen LogP contribution >= 0.6 is 0 Å². The van der Waals surface area contributed by atoms with E-state index in [1.165, 1.54) is 5.56 Å². The van der Waals surface area contributed by atoms with Crippen LogP contribution in [-0.2, 0) is 19.4 Å². The van der Waals surface area contributed by atoms with E-state index in [2.05, 4.69) is 41.5 Å². The highest BCUT2D eigenvalue weighted by atomic mass is 16.4. The number of hydrogen-bond donors (Lipinski definition) is 1. The van der Waals surface area contributed by atoms with Gasteiger partial charge in [0, 0.05) is 6.42 Å². The molecule has 1 N–H and O–H groups in total. The minimum Gasteiger partial charge on any atom is -0.444 e. The third kappa shape index (κ3) is 3.71. The zero-order valence-electron chi connectivity index (χ0n) is 10.1. The van der Waals surface area contributed by atoms with Gasteiger partial charge in [0.2, 0.25) is 5.89 Å². The van der Waals surface area contributed by atoms with Gasteiger partial charge in [0.1, 0.15) is 5.76 Å². The predicted octanol–water partition coefficient (Wildman–Crippen LogP) is 2.57. The monoisotopic (exact) mass is 230 g/mol. The molecule has 3 nitrogen and oxygen atoms in total. The summed E-state index contributed by atoms with van der Waals surface area (Å²) in [6, 6.07) is 10.5. The molecule has 0 unspecified atom stereocenters. The van der Waals surface area contributed by atoms with E-state index in [9.17, 15) is 0 Å². The number of hydrogen-bond acceptors (Lipinski definition) is 3. The van der Waals surface area contributed by atoms with Gasteiger partial charge in [0.25, 0.3) is 0 Å². The van der Waals surface area contributed by atoms with Gasteiger partial charge in [-0.2, -0.15) is 0 Å². The Labute approximate surface area is 102 Å². The van der Waals surface area contributed by atoms with Crippen molar-refractivity contribution in [1.82, 2.24) is 10.3 Å². The summed E-state index contributed by atoms with van der Waals surface area (Å²) in [7, 11) is 0. The van der Waals surface area contributed by atoms with Gasteiger partial charge in [-0.05, 0) is 18.5 Å². The molecule has 0 aliphatic carbocycles. The zero-order valence-corrected chi connectivity index (χ0v) is 10.1. The number of rotatable bonds is 6. The van der Waals surface area contributed by atoms with Crippen LogP contribution in [0.5, 0.6) is 0 Å². The summed E-state index contributed by atoms with van der Waals surface area (Å²) in [6.45, 7) is 3.70. The minimum absolute atomic E-state index is 0.701. The van der Waals surface area contributed by atoms with Gasteiger partial charge < -0.3 is 9.73 Å². The van der Waals surface area contributed by atoms with E-state index in [-0.39, 0.29) is 0 Å². The van der Waals surface area contributed by atoms with Crippen molar-refractivity contribution in [2.45, 2.75) is 26.3 Å². The molecule has 0 saturated carbocycles. The van der Waals surface area contributed by atoms with Crippen molar-refractivity contribution in [3.05, 3.63) is 53.7 Å². The van der Waals surface area contributed by atoms with Gasteiger partial charge >= 0.3 is 0 Å². The Morgan fingerprint density at radius 2 is 2.06 bits per heavy atom. The van der Waals surface area contributed by atoms with Gasteiger partial charge in [-0.1, -0.05) is 37.3 Å². The highest BCUT2D eigenvalue weighted by Gasteiger charge is 2.01. The normalized spacial score (nSPS) is 10.6. The number of aromatic nitrogens is 1. The third-order valence-electron chi connectivity index (χ3n) is 2.66. The lowest BCUT2D eigenvalue weighted by atomic mass is 10.1. The fraction of sp³-hybridized carbons (Fsp3) is 0.357. The van der Waals surface area contributed by atoms with Crippen LogP contribution < -0.4 is 5.32 Å². The summed E-state index contributed by atoms with van der Waals surface area (Å²) >= 11 is 0. The van der Waals surface area contributed by atoms with Gasteiger partial charge in [-0.15, -0.1) is 0 Å². The molecule has 0 bridgehead atoms. The minimum atomic E-state index is 0.701. The standard InChI is InChI=1S/C14H18N2O/c1-2-13-10-16-14(17-13)11-15-9-8-12-6-4-3-5-7-12/h3-7,10,15H,2,8-9,11H2,1H3. The maximum atomic E-state index is 5.51. The molecule has 2 rings (SSSR count). The Morgan fingerprint density at radius 1 is 1.24 bits per heavy atom. The first kappa shape index (κ1) is 11.9. The summed E-state index contributed by atoms with van der Waals surface area (Å²) in [5.41, 5.74) is 1.35. The molecule has 90 valence electrons. The lowest BCUT2D eigenvalue weighted by Crippen LogP contribution is -2.16. The zero-order chi connectivity index (χ0) is 11.9. The molecule has 0 atom stereocenters. The van der Waals surface area contributed by atoms with Gasteiger partial charge in [0.15, 0.2) is 0 Å². The summed E-state index contributed by atoms with van der Waals surface area (Å²) in [5.74, 6) is 1.72. The molecule has 2 aromatic rings. The van der Waals surface area contributed by atoms with E-state index >= 15 is 0 Å². The summed E-state index contributed by atoms with van der Waals surface area (Å²) in [4.78, 5) is 4.20. The Balaban J connectivity index is 1.69. The SMILES string of the molecule is CCc1cnc(CNCCc2ccccc2)o1. The second kappa shape index (κ2) is 6.21. The maximum Gasteiger partial charge on any atom is 0.208 e. The Morgan fingerprint density at radius 3 is 2.76 bits per heavy atom. The molecule has 0 aliphatic heterocycles. The quantitative estimate of drug-likeness (QED) is 0.775. The Kier molecular flexibility index (Phi) is 4.33. The molecule has 17 heavy (non-hydrogen) atoms. The molecule has 0 radical (unpaired) electrons. The predicted molar refractivity (Wildman–Crippen MR) is 67.7 cm³/mol. The molecule has 0 amide bonds. The topological polar surface area (TPSA) is 38.1 Å². The van der Waals surface area contributed by atoms with Crippen LogP contribution in [0.2, 0.25) is 0 Å². The van der Waals surface area contributed by atoms with Crippen LogP contribution in [0.3, 0.4) is 0 Å². The van der Waals surface area contributed by atoms with Crippen LogP contribution in [0, 0.1) is 0 Å². The summed E-state index contributed by atoms with van der Waals surface area (Å²) in [5, 5.41) is 3.33. The average molecular weight is 230 g/mol. The van der Waals surface area contributed by atoms with E-state index in [0.717, 1.165) is 31.0 Å². The molecule has 0 spiro atoms. The Bertz CT molecular complexity index is 436. The first-order valence-corrected chi connectivity index (χ1v) is 6.06. The highest BCUT2D eigenvalue weighted by Crippen LogP contribution is 2.03. The van der Waals surface area contributed by atoms with Crippen molar-refractivity contribution in [2.75, 3.05) is 6.54 Å². The number of oxazole rings is 1. The number of benzene rings is 1. The third-order valence-corrected chi connectivity index (χ3v) is 2.66. The average Bonchev–Trinajstić information content (AvgIpc) is 2.84. The molecule has 0 fully saturated rings. The molecular weight excluding hydrogens is 212 g/mol. The van der Waals surface area contributed by atoms with E-state index < -0.39 is 0 Å². The molecule has 1 heterocycles. The van der Waals surface area contributed by atoms with Crippen LogP contribution in [0.4, 0.5) is 0 Å². The Hall–Kier alpha value is -1.61. The fourth-order valence-corrected chi connectivity index (χ4v) is 1.67. The van der Waals surface area contributed by atoms with Crippen LogP contribution in [0.25, 0.3) is 0 Å². The fourth-order valence-electron chi connectivity index (χ4n) is 1.67. The molecule has 0 saturated heterocycles. The molecular formula is C14H18N2O. The molecule has 0 aliphatic rings. The van der Waals surface area contributed by atoms with Crippen LogP contribution in [0.15, 0.2) is 40.9 Å².